The van der Waals surface area contributed by atoms with Gasteiger partial charge in [-0.05, 0) is 49.7 Å². The lowest BCUT2D eigenvalue weighted by molar-refractivity contribution is -0.147. The number of carbonyl (C=O) groups is 2. The van der Waals surface area contributed by atoms with Gasteiger partial charge in [0.25, 0.3) is 0 Å². The van der Waals surface area contributed by atoms with E-state index < -0.39 is 35.4 Å². The van der Waals surface area contributed by atoms with Gasteiger partial charge in [-0.15, -0.1) is 0 Å². The van der Waals surface area contributed by atoms with E-state index in [1.165, 1.54) is 12.4 Å². The monoisotopic (exact) mass is 626 g/mol. The topological polar surface area (TPSA) is 109 Å². The number of rotatable bonds is 10. The molecule has 0 amide bonds. The Morgan fingerprint density at radius 2 is 1.14 bits per heavy atom. The molecule has 2 aromatic heterocycles. The molecular weight excluding hydrogens is 598 g/mol. The van der Waals surface area contributed by atoms with Gasteiger partial charge in [0.15, 0.2) is 0 Å². The Morgan fingerprint density at radius 1 is 0.727 bits per heavy atom. The molecule has 10 nitrogen and oxygen atoms in total. The van der Waals surface area contributed by atoms with Crippen molar-refractivity contribution in [1.29, 1.82) is 0 Å². The highest BCUT2D eigenvalue weighted by molar-refractivity contribution is 5.91. The molecule has 4 heterocycles. The van der Waals surface area contributed by atoms with E-state index in [2.05, 4.69) is 20.9 Å². The van der Waals surface area contributed by atoms with Gasteiger partial charge in [0, 0.05) is 48.7 Å². The van der Waals surface area contributed by atoms with Gasteiger partial charge in [-0.1, -0.05) is 0 Å². The molecule has 4 aliphatic rings. The molecule has 16 heteroatoms. The number of hydrogen-bond donors (Lipinski definition) is 2. The standard InChI is InChI=1S/C28H28F6N6O4/c29-27(30,31)17-7-21(11-35-9-17)39-19(3-15-5-23(15)39)13-37-43-25(41)1-2-26(42)44-38-14-20-4-16-6-24(16)40(20)22-8-18(10-36-12-22)28(32,33)34/h1-2,7-12,15-16,19-20,23-24,37-38H,3-6,13-14H2/b2-1+. The molecule has 44 heavy (non-hydrogen) atoms. The third-order valence-electron chi connectivity index (χ3n) is 8.46. The predicted molar refractivity (Wildman–Crippen MR) is 141 cm³/mol. The Labute approximate surface area is 247 Å². The fourth-order valence-corrected chi connectivity index (χ4v) is 6.36. The van der Waals surface area contributed by atoms with E-state index in [9.17, 15) is 35.9 Å². The summed E-state index contributed by atoms with van der Waals surface area (Å²) < 4.78 is 78.9. The lowest BCUT2D eigenvalue weighted by Crippen LogP contribution is -2.41. The van der Waals surface area contributed by atoms with Crippen LogP contribution < -0.4 is 20.8 Å². The normalized spacial score (nSPS) is 27.3. The molecule has 2 N–H and O–H groups in total. The maximum Gasteiger partial charge on any atom is 0.417 e. The first-order valence-electron chi connectivity index (χ1n) is 14.0. The van der Waals surface area contributed by atoms with Gasteiger partial charge in [0.1, 0.15) is 0 Å². The van der Waals surface area contributed by atoms with E-state index in [4.69, 9.17) is 9.68 Å². The smallest absolute Gasteiger partial charge is 0.367 e. The van der Waals surface area contributed by atoms with E-state index in [0.717, 1.165) is 49.5 Å². The Hall–Kier alpha value is -3.92. The number of alkyl halides is 6. The van der Waals surface area contributed by atoms with E-state index >= 15 is 0 Å². The van der Waals surface area contributed by atoms with Crippen LogP contribution in [0.5, 0.6) is 0 Å². The van der Waals surface area contributed by atoms with Crippen LogP contribution >= 0.6 is 0 Å². The van der Waals surface area contributed by atoms with Crippen molar-refractivity contribution in [3.05, 3.63) is 60.2 Å². The molecule has 6 unspecified atom stereocenters. The summed E-state index contributed by atoms with van der Waals surface area (Å²) in [7, 11) is 0. The zero-order valence-corrected chi connectivity index (χ0v) is 23.0. The zero-order valence-electron chi connectivity index (χ0n) is 23.0. The maximum atomic E-state index is 13.2. The van der Waals surface area contributed by atoms with Gasteiger partial charge in [-0.2, -0.15) is 37.3 Å². The summed E-state index contributed by atoms with van der Waals surface area (Å²) in [4.78, 5) is 45.3. The van der Waals surface area contributed by atoms with Gasteiger partial charge >= 0.3 is 24.3 Å². The SMILES string of the molecule is O=C(/C=C/C(=O)ONCC1CC2CC2N1c1cncc(C(F)(F)F)c1)ONCC1CC2CC2N1c1cncc(C(F)(F)F)c1. The molecule has 6 atom stereocenters. The van der Waals surface area contributed by atoms with Crippen LogP contribution in [0.1, 0.15) is 36.8 Å². The second-order valence-electron chi connectivity index (χ2n) is 11.5. The third-order valence-corrected chi connectivity index (χ3v) is 8.46. The summed E-state index contributed by atoms with van der Waals surface area (Å²) >= 11 is 0. The quantitative estimate of drug-likeness (QED) is 0.230. The van der Waals surface area contributed by atoms with Crippen LogP contribution in [0.2, 0.25) is 0 Å². The van der Waals surface area contributed by atoms with E-state index in [-0.39, 0.29) is 37.3 Å². The van der Waals surface area contributed by atoms with Crippen molar-refractivity contribution in [2.75, 3.05) is 22.9 Å². The van der Waals surface area contributed by atoms with Gasteiger partial charge < -0.3 is 19.5 Å². The lowest BCUT2D eigenvalue weighted by atomic mass is 10.1. The second kappa shape index (κ2) is 11.5. The van der Waals surface area contributed by atoms with Crippen LogP contribution in [0.15, 0.2) is 49.1 Å². The Kier molecular flexibility index (Phi) is 7.90. The first kappa shape index (κ1) is 30.1. The van der Waals surface area contributed by atoms with Crippen molar-refractivity contribution in [3.8, 4) is 0 Å². The highest BCUT2D eigenvalue weighted by Crippen LogP contribution is 2.51. The van der Waals surface area contributed by atoms with Crippen LogP contribution in [0.3, 0.4) is 0 Å². The number of hydrogen-bond acceptors (Lipinski definition) is 10. The minimum absolute atomic E-state index is 0.105. The molecule has 2 aliphatic heterocycles. The molecule has 0 aromatic carbocycles. The van der Waals surface area contributed by atoms with Crippen molar-refractivity contribution in [3.63, 3.8) is 0 Å². The molecule has 2 saturated heterocycles. The first-order chi connectivity index (χ1) is 20.9. The van der Waals surface area contributed by atoms with Gasteiger partial charge in [0.2, 0.25) is 0 Å². The number of hydroxylamine groups is 2. The minimum Gasteiger partial charge on any atom is -0.367 e. The van der Waals surface area contributed by atoms with Crippen LogP contribution in [0.4, 0.5) is 37.7 Å². The third kappa shape index (κ3) is 6.60. The van der Waals surface area contributed by atoms with Crippen LogP contribution in [-0.4, -0.2) is 59.2 Å². The summed E-state index contributed by atoms with van der Waals surface area (Å²) in [5, 5.41) is 0. The summed E-state index contributed by atoms with van der Waals surface area (Å²) in [5.41, 5.74) is 4.07. The zero-order chi connectivity index (χ0) is 31.2. The fourth-order valence-electron chi connectivity index (χ4n) is 6.36. The maximum absolute atomic E-state index is 13.2. The number of pyridine rings is 2. The largest absolute Gasteiger partial charge is 0.417 e. The molecule has 236 valence electrons. The lowest BCUT2D eigenvalue weighted by Gasteiger charge is -2.29. The van der Waals surface area contributed by atoms with Crippen LogP contribution in [0.25, 0.3) is 0 Å². The highest BCUT2D eigenvalue weighted by Gasteiger charge is 2.53. The summed E-state index contributed by atoms with van der Waals surface area (Å²) in [5.74, 6) is -1.09. The number of aromatic nitrogens is 2. The van der Waals surface area contributed by atoms with Crippen LogP contribution in [-0.2, 0) is 31.6 Å². The van der Waals surface area contributed by atoms with E-state index in [0.29, 0.717) is 36.1 Å². The molecule has 2 aromatic rings. The molecule has 4 fully saturated rings. The van der Waals surface area contributed by atoms with E-state index in [1.807, 2.05) is 9.80 Å². The summed E-state index contributed by atoms with van der Waals surface area (Å²) in [6.45, 7) is 0.298. The van der Waals surface area contributed by atoms with E-state index in [1.54, 1.807) is 0 Å². The fraction of sp³-hybridized carbons (Fsp3) is 0.500. The van der Waals surface area contributed by atoms with Gasteiger partial charge in [-0.25, -0.2) is 9.59 Å². The van der Waals surface area contributed by atoms with Crippen LogP contribution in [0, 0.1) is 11.8 Å². The number of fused-ring (bicyclic) bond motifs is 2. The van der Waals surface area contributed by atoms with Crippen molar-refractivity contribution in [2.45, 2.75) is 62.2 Å². The number of carbonyl (C=O) groups excluding carboxylic acids is 2. The molecular formula is C28H28F6N6O4. The number of nitrogens with zero attached hydrogens (tertiary/aromatic N) is 4. The van der Waals surface area contributed by atoms with Crippen molar-refractivity contribution < 1.29 is 45.6 Å². The molecule has 0 spiro atoms. The average molecular weight is 627 g/mol. The van der Waals surface area contributed by atoms with Crippen molar-refractivity contribution >= 4 is 23.3 Å². The number of anilines is 2. The Balaban J connectivity index is 0.939. The Bertz CT molecular complexity index is 1330. The Morgan fingerprint density at radius 3 is 1.52 bits per heavy atom. The number of halogens is 6. The van der Waals surface area contributed by atoms with Gasteiger partial charge in [0.05, 0.1) is 48.0 Å². The second-order valence-corrected chi connectivity index (χ2v) is 11.5. The number of nitrogens with one attached hydrogen (secondary N) is 2. The molecule has 2 saturated carbocycles. The predicted octanol–water partition coefficient (Wildman–Crippen LogP) is 3.80. The average Bonchev–Trinajstić information content (AvgIpc) is 3.85. The van der Waals surface area contributed by atoms with Gasteiger partial charge in [-0.3, -0.25) is 9.97 Å². The summed E-state index contributed by atoms with van der Waals surface area (Å²) in [6, 6.07) is 1.89. The minimum atomic E-state index is -4.51. The molecule has 0 bridgehead atoms. The molecule has 6 rings (SSSR count). The summed E-state index contributed by atoms with van der Waals surface area (Å²) in [6.07, 6.45) is 0.143. The molecule has 0 radical (unpaired) electrons. The van der Waals surface area contributed by atoms with Crippen molar-refractivity contribution in [1.82, 2.24) is 20.9 Å². The molecule has 2 aliphatic carbocycles. The highest BCUT2D eigenvalue weighted by atomic mass is 19.4. The first-order valence-corrected chi connectivity index (χ1v) is 14.0. The van der Waals surface area contributed by atoms with Crippen molar-refractivity contribution in [2.24, 2.45) is 11.8 Å². The number of piperidine rings is 2.